The highest BCUT2D eigenvalue weighted by atomic mass is 79.9. The Bertz CT molecular complexity index is 1450. The van der Waals surface area contributed by atoms with Gasteiger partial charge in [0, 0.05) is 25.4 Å². The minimum absolute atomic E-state index is 0.0965. The Kier molecular flexibility index (Phi) is 4.33. The van der Waals surface area contributed by atoms with Crippen LogP contribution in [-0.2, 0) is 0 Å². The maximum atomic E-state index is 12.9. The van der Waals surface area contributed by atoms with Crippen molar-refractivity contribution in [3.8, 4) is 28.1 Å². The Hall–Kier alpha value is -2.83. The van der Waals surface area contributed by atoms with Gasteiger partial charge in [-0.3, -0.25) is 0 Å². The van der Waals surface area contributed by atoms with E-state index in [0.29, 0.717) is 16.7 Å². The minimum Gasteiger partial charge on any atom is -0.506 e. The van der Waals surface area contributed by atoms with Gasteiger partial charge in [-0.1, -0.05) is 56.1 Å². The van der Waals surface area contributed by atoms with E-state index in [-0.39, 0.29) is 11.3 Å². The molecular weight excluding hydrogens is 498 g/mol. The molecule has 0 saturated carbocycles. The Morgan fingerprint density at radius 2 is 1.55 bits per heavy atom. The highest BCUT2D eigenvalue weighted by Crippen LogP contribution is 2.42. The molecule has 0 aliphatic rings. The van der Waals surface area contributed by atoms with Crippen molar-refractivity contribution in [2.75, 3.05) is 0 Å². The SMILES string of the molecule is O=c1oc2ccccc2c(O)c1-c1[nH]c2ccc(Br)cc2c1-c1ccc(Br)cc1. The molecule has 0 saturated heterocycles. The fourth-order valence-electron chi connectivity index (χ4n) is 3.62. The summed E-state index contributed by atoms with van der Waals surface area (Å²) < 4.78 is 7.38. The lowest BCUT2D eigenvalue weighted by Gasteiger charge is -2.09. The number of aromatic amines is 1. The monoisotopic (exact) mass is 509 g/mol. The number of aromatic nitrogens is 1. The summed E-state index contributed by atoms with van der Waals surface area (Å²) in [6, 6.07) is 20.6. The molecule has 0 aliphatic heterocycles. The second kappa shape index (κ2) is 6.90. The van der Waals surface area contributed by atoms with E-state index in [1.54, 1.807) is 24.3 Å². The lowest BCUT2D eigenvalue weighted by atomic mass is 9.98. The molecule has 5 rings (SSSR count). The molecule has 0 unspecified atom stereocenters. The quantitative estimate of drug-likeness (QED) is 0.255. The number of hydrogen-bond donors (Lipinski definition) is 2. The molecule has 0 spiro atoms. The van der Waals surface area contributed by atoms with Crippen molar-refractivity contribution in [3.05, 3.63) is 86.1 Å². The zero-order chi connectivity index (χ0) is 20.1. The van der Waals surface area contributed by atoms with Gasteiger partial charge >= 0.3 is 5.63 Å². The van der Waals surface area contributed by atoms with E-state index in [1.165, 1.54) is 0 Å². The number of hydrogen-bond acceptors (Lipinski definition) is 3. The molecule has 3 aromatic carbocycles. The number of halogens is 2. The van der Waals surface area contributed by atoms with E-state index in [2.05, 4.69) is 36.8 Å². The van der Waals surface area contributed by atoms with E-state index < -0.39 is 5.63 Å². The van der Waals surface area contributed by atoms with Gasteiger partial charge in [0.05, 0.1) is 11.1 Å². The maximum Gasteiger partial charge on any atom is 0.349 e. The van der Waals surface area contributed by atoms with E-state index in [4.69, 9.17) is 4.42 Å². The normalized spacial score (nSPS) is 11.4. The van der Waals surface area contributed by atoms with Crippen LogP contribution < -0.4 is 5.63 Å². The van der Waals surface area contributed by atoms with Crippen molar-refractivity contribution >= 4 is 53.7 Å². The largest absolute Gasteiger partial charge is 0.506 e. The van der Waals surface area contributed by atoms with Crippen LogP contribution in [0.25, 0.3) is 44.3 Å². The van der Waals surface area contributed by atoms with Crippen LogP contribution >= 0.6 is 31.9 Å². The van der Waals surface area contributed by atoms with Gasteiger partial charge in [0.2, 0.25) is 0 Å². The zero-order valence-corrected chi connectivity index (χ0v) is 18.0. The van der Waals surface area contributed by atoms with E-state index in [1.807, 2.05) is 42.5 Å². The Labute approximate surface area is 182 Å². The van der Waals surface area contributed by atoms with Crippen LogP contribution in [0, 0.1) is 0 Å². The Morgan fingerprint density at radius 3 is 2.34 bits per heavy atom. The molecule has 2 N–H and O–H groups in total. The van der Waals surface area contributed by atoms with Crippen LogP contribution in [0.5, 0.6) is 5.75 Å². The molecule has 0 fully saturated rings. The molecule has 2 aromatic heterocycles. The minimum atomic E-state index is -0.592. The van der Waals surface area contributed by atoms with Crippen LogP contribution in [-0.4, -0.2) is 10.1 Å². The highest BCUT2D eigenvalue weighted by Gasteiger charge is 2.23. The zero-order valence-electron chi connectivity index (χ0n) is 14.9. The lowest BCUT2D eigenvalue weighted by molar-refractivity contribution is 0.471. The van der Waals surface area contributed by atoms with Gasteiger partial charge in [-0.2, -0.15) is 0 Å². The number of nitrogens with one attached hydrogen (secondary N) is 1. The highest BCUT2D eigenvalue weighted by molar-refractivity contribution is 9.10. The fraction of sp³-hybridized carbons (Fsp3) is 0. The smallest absolute Gasteiger partial charge is 0.349 e. The third kappa shape index (κ3) is 2.99. The number of rotatable bonds is 2. The fourth-order valence-corrected chi connectivity index (χ4v) is 4.25. The lowest BCUT2D eigenvalue weighted by Crippen LogP contribution is -2.04. The number of aromatic hydroxyl groups is 1. The summed E-state index contributed by atoms with van der Waals surface area (Å²) in [4.78, 5) is 16.2. The predicted octanol–water partition coefficient (Wildman–Crippen LogP) is 6.84. The summed E-state index contributed by atoms with van der Waals surface area (Å²) >= 11 is 6.99. The second-order valence-corrected chi connectivity index (χ2v) is 8.51. The summed E-state index contributed by atoms with van der Waals surface area (Å²) in [5.41, 5.74) is 3.00. The van der Waals surface area contributed by atoms with Gasteiger partial charge in [0.1, 0.15) is 16.9 Å². The summed E-state index contributed by atoms with van der Waals surface area (Å²) in [5, 5.41) is 12.4. The number of benzene rings is 3. The van der Waals surface area contributed by atoms with Crippen molar-refractivity contribution < 1.29 is 9.52 Å². The molecule has 0 radical (unpaired) electrons. The first-order valence-electron chi connectivity index (χ1n) is 8.85. The van der Waals surface area contributed by atoms with Crippen molar-refractivity contribution in [3.63, 3.8) is 0 Å². The van der Waals surface area contributed by atoms with E-state index >= 15 is 0 Å². The van der Waals surface area contributed by atoms with Crippen LogP contribution in [0.4, 0.5) is 0 Å². The van der Waals surface area contributed by atoms with Gasteiger partial charge in [-0.05, 0) is 48.0 Å². The molecule has 4 nitrogen and oxygen atoms in total. The molecule has 0 amide bonds. The van der Waals surface area contributed by atoms with Crippen molar-refractivity contribution in [2.45, 2.75) is 0 Å². The van der Waals surface area contributed by atoms with E-state index in [0.717, 1.165) is 31.0 Å². The summed E-state index contributed by atoms with van der Waals surface area (Å²) in [5.74, 6) is -0.0965. The molecular formula is C23H13Br2NO3. The van der Waals surface area contributed by atoms with Crippen LogP contribution in [0.3, 0.4) is 0 Å². The first kappa shape index (κ1) is 18.2. The number of H-pyrrole nitrogens is 1. The van der Waals surface area contributed by atoms with E-state index in [9.17, 15) is 9.90 Å². The number of fused-ring (bicyclic) bond motifs is 2. The van der Waals surface area contributed by atoms with Crippen LogP contribution in [0.2, 0.25) is 0 Å². The van der Waals surface area contributed by atoms with Gasteiger partial charge in [0.15, 0.2) is 0 Å². The Balaban J connectivity index is 1.91. The van der Waals surface area contributed by atoms with Crippen LogP contribution in [0.15, 0.2) is 84.9 Å². The summed E-state index contributed by atoms with van der Waals surface area (Å²) in [7, 11) is 0. The average molecular weight is 511 g/mol. The predicted molar refractivity (Wildman–Crippen MR) is 122 cm³/mol. The molecule has 142 valence electrons. The molecule has 0 atom stereocenters. The second-order valence-electron chi connectivity index (χ2n) is 6.68. The topological polar surface area (TPSA) is 66.2 Å². The first-order valence-corrected chi connectivity index (χ1v) is 10.4. The standard InChI is InChI=1S/C23H13Br2NO3/c24-13-7-5-12(6-8-13)19-16-11-14(25)9-10-17(16)26-21(19)20-22(27)15-3-1-2-4-18(15)29-23(20)28/h1-11,26-27H. The molecule has 0 aliphatic carbocycles. The van der Waals surface area contributed by atoms with Crippen molar-refractivity contribution in [2.24, 2.45) is 0 Å². The van der Waals surface area contributed by atoms with Gasteiger partial charge in [0.25, 0.3) is 0 Å². The first-order chi connectivity index (χ1) is 14.0. The number of para-hydroxylation sites is 1. The third-order valence-electron chi connectivity index (χ3n) is 4.93. The molecule has 5 aromatic rings. The maximum absolute atomic E-state index is 12.9. The Morgan fingerprint density at radius 1 is 0.828 bits per heavy atom. The molecule has 29 heavy (non-hydrogen) atoms. The van der Waals surface area contributed by atoms with Gasteiger partial charge in [-0.25, -0.2) is 4.79 Å². The molecule has 2 heterocycles. The molecule has 6 heteroatoms. The van der Waals surface area contributed by atoms with Gasteiger partial charge < -0.3 is 14.5 Å². The summed E-state index contributed by atoms with van der Waals surface area (Å²) in [6.45, 7) is 0. The van der Waals surface area contributed by atoms with Crippen molar-refractivity contribution in [1.29, 1.82) is 0 Å². The van der Waals surface area contributed by atoms with Crippen LogP contribution in [0.1, 0.15) is 0 Å². The average Bonchev–Trinajstić information content (AvgIpc) is 3.07. The molecule has 0 bridgehead atoms. The third-order valence-corrected chi connectivity index (χ3v) is 5.95. The van der Waals surface area contributed by atoms with Crippen molar-refractivity contribution in [1.82, 2.24) is 4.98 Å². The van der Waals surface area contributed by atoms with Gasteiger partial charge in [-0.15, -0.1) is 0 Å². The summed E-state index contributed by atoms with van der Waals surface area (Å²) in [6.07, 6.45) is 0.